The molecule has 4 rings (SSSR count). The van der Waals surface area contributed by atoms with E-state index in [9.17, 15) is 8.42 Å². The van der Waals surface area contributed by atoms with Crippen molar-refractivity contribution in [1.82, 2.24) is 9.80 Å². The van der Waals surface area contributed by atoms with Gasteiger partial charge in [-0.3, -0.25) is 0 Å². The third-order valence-electron chi connectivity index (χ3n) is 5.90. The van der Waals surface area contributed by atoms with Crippen LogP contribution in [0.1, 0.15) is 44.6 Å². The summed E-state index contributed by atoms with van der Waals surface area (Å²) in [6.45, 7) is 6.06. The second-order valence-corrected chi connectivity index (χ2v) is 10.1. The predicted octanol–water partition coefficient (Wildman–Crippen LogP) is 3.87. The van der Waals surface area contributed by atoms with Crippen LogP contribution in [-0.4, -0.2) is 56.3 Å². The zero-order chi connectivity index (χ0) is 19.0. The minimum absolute atomic E-state index is 0.344. The van der Waals surface area contributed by atoms with Crippen LogP contribution in [0.4, 0.5) is 0 Å². The van der Waals surface area contributed by atoms with Crippen molar-refractivity contribution in [2.24, 2.45) is 4.40 Å². The molecule has 146 valence electrons. The average Bonchev–Trinajstić information content (AvgIpc) is 2.91. The Morgan fingerprint density at radius 1 is 1.07 bits per heavy atom. The molecular formula is C20H26BrN3O2S. The first-order chi connectivity index (χ1) is 13.0. The minimum atomic E-state index is -3.64. The van der Waals surface area contributed by atoms with Gasteiger partial charge in [0.2, 0.25) is 0 Å². The molecule has 1 aromatic carbocycles. The SMILES string of the molecule is CC1=C(c2cccc(Br)c2)S(=O)(=O)N=C1N1CCC(N2CCCCC2)CC1. The molecule has 3 heterocycles. The topological polar surface area (TPSA) is 53.0 Å². The molecule has 0 atom stereocenters. The number of piperidine rings is 2. The Bertz CT molecular complexity index is 880. The summed E-state index contributed by atoms with van der Waals surface area (Å²) in [4.78, 5) is 5.14. The minimum Gasteiger partial charge on any atom is -0.356 e. The Morgan fingerprint density at radius 3 is 2.44 bits per heavy atom. The highest BCUT2D eigenvalue weighted by atomic mass is 79.9. The molecule has 0 bridgehead atoms. The summed E-state index contributed by atoms with van der Waals surface area (Å²) >= 11 is 3.43. The third-order valence-corrected chi connectivity index (χ3v) is 7.86. The molecule has 0 unspecified atom stereocenters. The van der Waals surface area contributed by atoms with Crippen molar-refractivity contribution in [3.63, 3.8) is 0 Å². The number of likely N-dealkylation sites (tertiary alicyclic amines) is 2. The fourth-order valence-corrected chi connectivity index (χ4v) is 6.41. The quantitative estimate of drug-likeness (QED) is 0.684. The number of halogens is 1. The lowest BCUT2D eigenvalue weighted by atomic mass is 9.99. The first kappa shape index (κ1) is 19.2. The highest BCUT2D eigenvalue weighted by Crippen LogP contribution is 2.35. The molecule has 0 aromatic heterocycles. The zero-order valence-corrected chi connectivity index (χ0v) is 18.1. The molecule has 1 aromatic rings. The molecule has 27 heavy (non-hydrogen) atoms. The number of hydrogen-bond donors (Lipinski definition) is 0. The monoisotopic (exact) mass is 451 g/mol. The van der Waals surface area contributed by atoms with Crippen molar-refractivity contribution in [2.75, 3.05) is 26.2 Å². The first-order valence-electron chi connectivity index (χ1n) is 9.77. The highest BCUT2D eigenvalue weighted by molar-refractivity contribution is 9.10. The van der Waals surface area contributed by atoms with E-state index in [1.165, 1.54) is 32.4 Å². The maximum atomic E-state index is 12.8. The smallest absolute Gasteiger partial charge is 0.285 e. The van der Waals surface area contributed by atoms with Crippen LogP contribution in [-0.2, 0) is 10.0 Å². The van der Waals surface area contributed by atoms with Crippen molar-refractivity contribution >= 4 is 36.7 Å². The number of sulfonamides is 1. The molecule has 3 aliphatic heterocycles. The van der Waals surface area contributed by atoms with E-state index in [-0.39, 0.29) is 0 Å². The number of hydrogen-bond acceptors (Lipinski definition) is 4. The van der Waals surface area contributed by atoms with Crippen LogP contribution < -0.4 is 0 Å². The van der Waals surface area contributed by atoms with Gasteiger partial charge in [0, 0.05) is 29.2 Å². The van der Waals surface area contributed by atoms with E-state index in [1.807, 2.05) is 31.2 Å². The van der Waals surface area contributed by atoms with Gasteiger partial charge in [-0.25, -0.2) is 0 Å². The maximum absolute atomic E-state index is 12.8. The molecule has 0 aliphatic carbocycles. The molecule has 0 amide bonds. The van der Waals surface area contributed by atoms with Crippen LogP contribution in [0.25, 0.3) is 4.91 Å². The number of nitrogens with zero attached hydrogens (tertiary/aromatic N) is 3. The molecular weight excluding hydrogens is 426 g/mol. The Hall–Kier alpha value is -1.18. The average molecular weight is 452 g/mol. The van der Waals surface area contributed by atoms with Gasteiger partial charge in [-0.05, 0) is 63.4 Å². The highest BCUT2D eigenvalue weighted by Gasteiger charge is 2.35. The van der Waals surface area contributed by atoms with E-state index < -0.39 is 10.0 Å². The number of benzene rings is 1. The largest absolute Gasteiger partial charge is 0.356 e. The number of amidine groups is 1. The number of rotatable bonds is 2. The lowest BCUT2D eigenvalue weighted by Gasteiger charge is -2.40. The van der Waals surface area contributed by atoms with Gasteiger partial charge in [0.05, 0.1) is 0 Å². The summed E-state index contributed by atoms with van der Waals surface area (Å²) in [5, 5.41) is 0. The maximum Gasteiger partial charge on any atom is 0.285 e. The van der Waals surface area contributed by atoms with Gasteiger partial charge in [0.25, 0.3) is 10.0 Å². The third kappa shape index (κ3) is 3.87. The van der Waals surface area contributed by atoms with Crippen molar-refractivity contribution in [3.8, 4) is 0 Å². The van der Waals surface area contributed by atoms with Crippen LogP contribution in [0.5, 0.6) is 0 Å². The van der Waals surface area contributed by atoms with Crippen LogP contribution >= 0.6 is 15.9 Å². The van der Waals surface area contributed by atoms with Crippen molar-refractivity contribution in [2.45, 2.75) is 45.1 Å². The summed E-state index contributed by atoms with van der Waals surface area (Å²) in [5.41, 5.74) is 1.47. The Balaban J connectivity index is 1.53. The fraction of sp³-hybridized carbons (Fsp3) is 0.550. The summed E-state index contributed by atoms with van der Waals surface area (Å²) in [6.07, 6.45) is 6.13. The second kappa shape index (κ2) is 7.68. The second-order valence-electron chi connectivity index (χ2n) is 7.67. The summed E-state index contributed by atoms with van der Waals surface area (Å²) < 4.78 is 30.5. The van der Waals surface area contributed by atoms with Gasteiger partial charge in [-0.1, -0.05) is 34.5 Å². The van der Waals surface area contributed by atoms with Gasteiger partial charge in [0.15, 0.2) is 0 Å². The lowest BCUT2D eigenvalue weighted by Crippen LogP contribution is -2.48. The zero-order valence-electron chi connectivity index (χ0n) is 15.7. The van der Waals surface area contributed by atoms with Gasteiger partial charge < -0.3 is 9.80 Å². The van der Waals surface area contributed by atoms with Crippen LogP contribution in [0, 0.1) is 0 Å². The molecule has 0 N–H and O–H groups in total. The van der Waals surface area contributed by atoms with Crippen molar-refractivity contribution in [1.29, 1.82) is 0 Å². The predicted molar refractivity (Wildman–Crippen MR) is 113 cm³/mol. The summed E-state index contributed by atoms with van der Waals surface area (Å²) in [7, 11) is -3.64. The molecule has 5 nitrogen and oxygen atoms in total. The molecule has 7 heteroatoms. The summed E-state index contributed by atoms with van der Waals surface area (Å²) in [5.74, 6) is 0.641. The van der Waals surface area contributed by atoms with Gasteiger partial charge in [-0.2, -0.15) is 8.42 Å². The van der Waals surface area contributed by atoms with Crippen molar-refractivity contribution in [3.05, 3.63) is 39.9 Å². The summed E-state index contributed by atoms with van der Waals surface area (Å²) in [6, 6.07) is 8.07. The Labute approximate surface area is 170 Å². The first-order valence-corrected chi connectivity index (χ1v) is 12.0. The molecule has 2 fully saturated rings. The molecule has 2 saturated heterocycles. The van der Waals surface area contributed by atoms with E-state index in [0.29, 0.717) is 22.3 Å². The van der Waals surface area contributed by atoms with Crippen LogP contribution in [0.3, 0.4) is 0 Å². The van der Waals surface area contributed by atoms with E-state index in [0.717, 1.165) is 36.0 Å². The molecule has 3 aliphatic rings. The van der Waals surface area contributed by atoms with E-state index >= 15 is 0 Å². The molecule has 0 radical (unpaired) electrons. The van der Waals surface area contributed by atoms with E-state index in [4.69, 9.17) is 0 Å². The van der Waals surface area contributed by atoms with E-state index in [1.54, 1.807) is 0 Å². The fourth-order valence-electron chi connectivity index (χ4n) is 4.54. The van der Waals surface area contributed by atoms with Gasteiger partial charge in [-0.15, -0.1) is 4.40 Å². The molecule has 0 spiro atoms. The lowest BCUT2D eigenvalue weighted by molar-refractivity contribution is 0.115. The van der Waals surface area contributed by atoms with E-state index in [2.05, 4.69) is 30.1 Å². The molecule has 0 saturated carbocycles. The Morgan fingerprint density at radius 2 is 1.78 bits per heavy atom. The van der Waals surface area contributed by atoms with Gasteiger partial charge >= 0.3 is 0 Å². The van der Waals surface area contributed by atoms with Gasteiger partial charge in [0.1, 0.15) is 10.7 Å². The van der Waals surface area contributed by atoms with Crippen molar-refractivity contribution < 1.29 is 8.42 Å². The Kier molecular flexibility index (Phi) is 5.45. The van der Waals surface area contributed by atoms with Crippen LogP contribution in [0.2, 0.25) is 0 Å². The van der Waals surface area contributed by atoms with Crippen LogP contribution in [0.15, 0.2) is 38.7 Å². The normalized spacial score (nSPS) is 24.4. The standard InChI is InChI=1S/C20H26BrN3O2S/c1-15-19(16-6-5-7-17(21)14-16)27(25,26)22-20(15)24-12-8-18(9-13-24)23-10-3-2-4-11-23/h5-7,14,18H,2-4,8-13H2,1H3.